The van der Waals surface area contributed by atoms with Crippen LogP contribution in [0.15, 0.2) is 18.2 Å². The van der Waals surface area contributed by atoms with Crippen molar-refractivity contribution in [2.45, 2.75) is 26.2 Å². The second-order valence-electron chi connectivity index (χ2n) is 5.36. The maximum atomic E-state index is 13.0. The molecule has 1 aliphatic carbocycles. The van der Waals surface area contributed by atoms with Crippen LogP contribution in [0, 0.1) is 24.6 Å². The van der Waals surface area contributed by atoms with Gasteiger partial charge < -0.3 is 11.1 Å². The van der Waals surface area contributed by atoms with E-state index >= 15 is 0 Å². The molecule has 1 amide bonds. The largest absolute Gasteiger partial charge is 0.352 e. The van der Waals surface area contributed by atoms with E-state index < -0.39 is 0 Å². The third kappa shape index (κ3) is 3.32. The molecule has 3 N–H and O–H groups in total. The molecule has 1 aromatic rings. The molecule has 2 rings (SSSR count). The first kappa shape index (κ1) is 14.0. The summed E-state index contributed by atoms with van der Waals surface area (Å²) in [6, 6.07) is 4.24. The molecule has 0 radical (unpaired) electrons. The first-order valence-electron chi connectivity index (χ1n) is 6.86. The molecule has 104 valence electrons. The van der Waals surface area contributed by atoms with Crippen LogP contribution in [-0.2, 0) is 0 Å². The zero-order chi connectivity index (χ0) is 13.8. The fraction of sp³-hybridized carbons (Fsp3) is 0.533. The first-order chi connectivity index (χ1) is 9.11. The van der Waals surface area contributed by atoms with Gasteiger partial charge in [-0.3, -0.25) is 4.79 Å². The lowest BCUT2D eigenvalue weighted by Gasteiger charge is -2.18. The average molecular weight is 264 g/mol. The van der Waals surface area contributed by atoms with Crippen molar-refractivity contribution < 1.29 is 9.18 Å². The molecule has 19 heavy (non-hydrogen) atoms. The Morgan fingerprint density at radius 2 is 2.16 bits per heavy atom. The highest BCUT2D eigenvalue weighted by atomic mass is 19.1. The standard InChI is InChI=1S/C15H21FN2O/c1-10-7-13(16)5-6-14(10)15(19)18-9-12-4-2-3-11(12)8-17/h5-7,11-12H,2-4,8-9,17H2,1H3,(H,18,19). The fourth-order valence-electron chi connectivity index (χ4n) is 2.89. The van der Waals surface area contributed by atoms with E-state index in [0.29, 0.717) is 36.1 Å². The van der Waals surface area contributed by atoms with E-state index in [4.69, 9.17) is 5.73 Å². The topological polar surface area (TPSA) is 55.1 Å². The highest BCUT2D eigenvalue weighted by Crippen LogP contribution is 2.30. The summed E-state index contributed by atoms with van der Waals surface area (Å²) in [5.74, 6) is 0.567. The van der Waals surface area contributed by atoms with Crippen LogP contribution in [0.4, 0.5) is 4.39 Å². The Labute approximate surface area is 113 Å². The number of carbonyl (C=O) groups excluding carboxylic acids is 1. The van der Waals surface area contributed by atoms with E-state index in [1.165, 1.54) is 24.6 Å². The quantitative estimate of drug-likeness (QED) is 0.876. The van der Waals surface area contributed by atoms with Gasteiger partial charge in [0.2, 0.25) is 0 Å². The van der Waals surface area contributed by atoms with Gasteiger partial charge in [0.1, 0.15) is 5.82 Å². The molecule has 0 spiro atoms. The van der Waals surface area contributed by atoms with Gasteiger partial charge >= 0.3 is 0 Å². The lowest BCUT2D eigenvalue weighted by molar-refractivity contribution is 0.0943. The molecule has 0 heterocycles. The molecule has 2 unspecified atom stereocenters. The minimum absolute atomic E-state index is 0.125. The second-order valence-corrected chi connectivity index (χ2v) is 5.36. The summed E-state index contributed by atoms with van der Waals surface area (Å²) < 4.78 is 13.0. The van der Waals surface area contributed by atoms with Gasteiger partial charge in [0, 0.05) is 12.1 Å². The Bertz CT molecular complexity index is 461. The fourth-order valence-corrected chi connectivity index (χ4v) is 2.89. The van der Waals surface area contributed by atoms with Crippen molar-refractivity contribution in [2.75, 3.05) is 13.1 Å². The number of hydrogen-bond donors (Lipinski definition) is 2. The van der Waals surface area contributed by atoms with E-state index in [0.717, 1.165) is 12.8 Å². The minimum Gasteiger partial charge on any atom is -0.352 e. The van der Waals surface area contributed by atoms with Crippen LogP contribution in [0.3, 0.4) is 0 Å². The van der Waals surface area contributed by atoms with Crippen molar-refractivity contribution >= 4 is 5.91 Å². The van der Waals surface area contributed by atoms with Gasteiger partial charge in [0.05, 0.1) is 0 Å². The van der Waals surface area contributed by atoms with Crippen LogP contribution in [0.5, 0.6) is 0 Å². The smallest absolute Gasteiger partial charge is 0.251 e. The number of hydrogen-bond acceptors (Lipinski definition) is 2. The van der Waals surface area contributed by atoms with Gasteiger partial charge in [-0.2, -0.15) is 0 Å². The third-order valence-electron chi connectivity index (χ3n) is 4.08. The Kier molecular flexibility index (Phi) is 4.53. The molecule has 1 aliphatic rings. The summed E-state index contributed by atoms with van der Waals surface area (Å²) in [5.41, 5.74) is 6.94. The molecule has 2 atom stereocenters. The van der Waals surface area contributed by atoms with Crippen LogP contribution < -0.4 is 11.1 Å². The summed E-state index contributed by atoms with van der Waals surface area (Å²) in [7, 11) is 0. The number of halogens is 1. The lowest BCUT2D eigenvalue weighted by Crippen LogP contribution is -2.33. The van der Waals surface area contributed by atoms with Crippen molar-refractivity contribution in [3.63, 3.8) is 0 Å². The number of rotatable bonds is 4. The number of carbonyl (C=O) groups is 1. The summed E-state index contributed by atoms with van der Waals surface area (Å²) >= 11 is 0. The summed E-state index contributed by atoms with van der Waals surface area (Å²) in [5, 5.41) is 2.95. The number of amides is 1. The molecule has 3 nitrogen and oxygen atoms in total. The molecule has 1 saturated carbocycles. The molecule has 1 aromatic carbocycles. The van der Waals surface area contributed by atoms with Crippen molar-refractivity contribution in [1.82, 2.24) is 5.32 Å². The predicted octanol–water partition coefficient (Wildman–Crippen LogP) is 2.24. The molecule has 4 heteroatoms. The Morgan fingerprint density at radius 1 is 1.42 bits per heavy atom. The molecule has 0 saturated heterocycles. The normalized spacial score (nSPS) is 22.5. The van der Waals surface area contributed by atoms with E-state index in [1.54, 1.807) is 6.92 Å². The number of nitrogens with two attached hydrogens (primary N) is 1. The first-order valence-corrected chi connectivity index (χ1v) is 6.86. The zero-order valence-electron chi connectivity index (χ0n) is 11.3. The van der Waals surface area contributed by atoms with Crippen molar-refractivity contribution in [2.24, 2.45) is 17.6 Å². The maximum absolute atomic E-state index is 13.0. The highest BCUT2D eigenvalue weighted by Gasteiger charge is 2.26. The minimum atomic E-state index is -0.312. The van der Waals surface area contributed by atoms with Gasteiger partial charge in [0.25, 0.3) is 5.91 Å². The Balaban J connectivity index is 1.94. The average Bonchev–Trinajstić information content (AvgIpc) is 2.83. The van der Waals surface area contributed by atoms with Crippen LogP contribution in [0.2, 0.25) is 0 Å². The molecule has 0 aromatic heterocycles. The molecule has 0 bridgehead atoms. The molecular formula is C15H21FN2O. The second kappa shape index (κ2) is 6.15. The highest BCUT2D eigenvalue weighted by molar-refractivity contribution is 5.95. The van der Waals surface area contributed by atoms with Crippen LogP contribution >= 0.6 is 0 Å². The van der Waals surface area contributed by atoms with Crippen molar-refractivity contribution in [1.29, 1.82) is 0 Å². The van der Waals surface area contributed by atoms with Gasteiger partial charge in [-0.1, -0.05) is 6.42 Å². The Hall–Kier alpha value is -1.42. The zero-order valence-corrected chi connectivity index (χ0v) is 11.3. The third-order valence-corrected chi connectivity index (χ3v) is 4.08. The van der Waals surface area contributed by atoms with Crippen LogP contribution in [-0.4, -0.2) is 19.0 Å². The lowest BCUT2D eigenvalue weighted by atomic mass is 9.96. The number of nitrogens with one attached hydrogen (secondary N) is 1. The summed E-state index contributed by atoms with van der Waals surface area (Å²) in [6.07, 6.45) is 3.48. The predicted molar refractivity (Wildman–Crippen MR) is 73.4 cm³/mol. The van der Waals surface area contributed by atoms with Crippen LogP contribution in [0.25, 0.3) is 0 Å². The van der Waals surface area contributed by atoms with Gasteiger partial charge in [-0.05, 0) is 61.9 Å². The number of benzene rings is 1. The van der Waals surface area contributed by atoms with Crippen LogP contribution in [0.1, 0.15) is 35.2 Å². The van der Waals surface area contributed by atoms with Crippen molar-refractivity contribution in [3.8, 4) is 0 Å². The molecular weight excluding hydrogens is 243 g/mol. The van der Waals surface area contributed by atoms with Crippen molar-refractivity contribution in [3.05, 3.63) is 35.1 Å². The SMILES string of the molecule is Cc1cc(F)ccc1C(=O)NCC1CCCC1CN. The van der Waals surface area contributed by atoms with E-state index in [1.807, 2.05) is 0 Å². The maximum Gasteiger partial charge on any atom is 0.251 e. The van der Waals surface area contributed by atoms with E-state index in [2.05, 4.69) is 5.32 Å². The monoisotopic (exact) mass is 264 g/mol. The van der Waals surface area contributed by atoms with Gasteiger partial charge in [0.15, 0.2) is 0 Å². The summed E-state index contributed by atoms with van der Waals surface area (Å²) in [4.78, 5) is 12.1. The van der Waals surface area contributed by atoms with Gasteiger partial charge in [-0.25, -0.2) is 4.39 Å². The Morgan fingerprint density at radius 3 is 2.84 bits per heavy atom. The molecule has 0 aliphatic heterocycles. The van der Waals surface area contributed by atoms with Gasteiger partial charge in [-0.15, -0.1) is 0 Å². The van der Waals surface area contributed by atoms with E-state index in [9.17, 15) is 9.18 Å². The molecule has 1 fully saturated rings. The number of aryl methyl sites for hydroxylation is 1. The van der Waals surface area contributed by atoms with E-state index in [-0.39, 0.29) is 11.7 Å². The summed E-state index contributed by atoms with van der Waals surface area (Å²) in [6.45, 7) is 3.10.